The molecule has 26 heavy (non-hydrogen) atoms. The Kier molecular flexibility index (Phi) is 3.35. The van der Waals surface area contributed by atoms with Crippen LogP contribution in [0, 0.1) is 0 Å². The van der Waals surface area contributed by atoms with Crippen LogP contribution in [0.1, 0.15) is 30.9 Å². The van der Waals surface area contributed by atoms with Gasteiger partial charge in [-0.2, -0.15) is 0 Å². The maximum absolute atomic E-state index is 12.8. The molecule has 3 aromatic rings. The Morgan fingerprint density at radius 3 is 2.73 bits per heavy atom. The number of anilines is 1. The van der Waals surface area contributed by atoms with Crippen LogP contribution >= 0.6 is 0 Å². The average molecular weight is 345 g/mol. The number of ether oxygens (including phenoxy) is 1. The number of carbonyl (C=O) groups is 1. The molecule has 0 unspecified atom stereocenters. The van der Waals surface area contributed by atoms with Crippen molar-refractivity contribution in [2.75, 3.05) is 12.4 Å². The second-order valence-corrected chi connectivity index (χ2v) is 6.76. The minimum absolute atomic E-state index is 0.160. The number of nitrogens with one attached hydrogen (secondary N) is 1. The van der Waals surface area contributed by atoms with E-state index < -0.39 is 0 Å². The molecule has 1 N–H and O–H groups in total. The number of methoxy groups -OCH3 is 1. The van der Waals surface area contributed by atoms with Gasteiger partial charge in [-0.1, -0.05) is 24.3 Å². The molecule has 1 aromatic heterocycles. The highest BCUT2D eigenvalue weighted by atomic mass is 16.5. The minimum atomic E-state index is -0.160. The number of para-hydroxylation sites is 2. The van der Waals surface area contributed by atoms with Crippen molar-refractivity contribution in [2.24, 2.45) is 0 Å². The molecule has 1 aliphatic carbocycles. The Morgan fingerprint density at radius 2 is 1.92 bits per heavy atom. The Balaban J connectivity index is 1.77. The summed E-state index contributed by atoms with van der Waals surface area (Å²) < 4.78 is 7.45. The first-order chi connectivity index (χ1) is 12.8. The van der Waals surface area contributed by atoms with E-state index in [2.05, 4.69) is 16.0 Å². The van der Waals surface area contributed by atoms with Gasteiger partial charge in [0.25, 0.3) is 0 Å². The molecule has 1 atom stereocenters. The number of nitrogens with zero attached hydrogens (tertiary/aromatic N) is 2. The number of allylic oxidation sites excluding steroid dienone is 2. The van der Waals surface area contributed by atoms with E-state index in [0.29, 0.717) is 6.42 Å². The van der Waals surface area contributed by atoms with Crippen LogP contribution in [0.3, 0.4) is 0 Å². The van der Waals surface area contributed by atoms with Gasteiger partial charge in [-0.3, -0.25) is 9.36 Å². The highest BCUT2D eigenvalue weighted by Crippen LogP contribution is 2.42. The van der Waals surface area contributed by atoms with Crippen LogP contribution in [-0.2, 0) is 4.79 Å². The van der Waals surface area contributed by atoms with E-state index in [1.165, 1.54) is 0 Å². The van der Waals surface area contributed by atoms with Gasteiger partial charge >= 0.3 is 0 Å². The lowest BCUT2D eigenvalue weighted by Gasteiger charge is -2.33. The van der Waals surface area contributed by atoms with E-state index in [1.807, 2.05) is 42.5 Å². The standard InChI is InChI=1S/C21H19N3O2/c1-26-14-11-9-13(10-12-14)20-19-16(6-4-8-18(19)25)23-21-22-15-5-2-3-7-17(15)24(20)21/h2-3,5,7,9-12,20H,4,6,8H2,1H3,(H,22,23)/t20-/m1/s1. The lowest BCUT2D eigenvalue weighted by Crippen LogP contribution is -2.30. The Labute approximate surface area is 151 Å². The number of ketones is 1. The summed E-state index contributed by atoms with van der Waals surface area (Å²) >= 11 is 0. The molecule has 5 rings (SSSR count). The molecule has 5 nitrogen and oxygen atoms in total. The fourth-order valence-electron chi connectivity index (χ4n) is 4.07. The fourth-order valence-corrected chi connectivity index (χ4v) is 4.07. The zero-order chi connectivity index (χ0) is 17.7. The van der Waals surface area contributed by atoms with Crippen LogP contribution in [0.4, 0.5) is 5.95 Å². The van der Waals surface area contributed by atoms with Gasteiger partial charge in [0.1, 0.15) is 5.75 Å². The van der Waals surface area contributed by atoms with Crippen molar-refractivity contribution in [2.45, 2.75) is 25.3 Å². The summed E-state index contributed by atoms with van der Waals surface area (Å²) in [6, 6.07) is 15.9. The Hall–Kier alpha value is -3.08. The second-order valence-electron chi connectivity index (χ2n) is 6.76. The number of hydrogen-bond donors (Lipinski definition) is 1. The van der Waals surface area contributed by atoms with E-state index in [9.17, 15) is 4.79 Å². The molecule has 0 bridgehead atoms. The molecule has 0 radical (unpaired) electrons. The number of fused-ring (bicyclic) bond motifs is 3. The summed E-state index contributed by atoms with van der Waals surface area (Å²) in [5.74, 6) is 1.84. The molecule has 1 aliphatic heterocycles. The molecule has 2 heterocycles. The molecule has 5 heteroatoms. The molecule has 0 amide bonds. The largest absolute Gasteiger partial charge is 0.497 e. The lowest BCUT2D eigenvalue weighted by atomic mass is 9.85. The van der Waals surface area contributed by atoms with Crippen molar-refractivity contribution < 1.29 is 9.53 Å². The fraction of sp³-hybridized carbons (Fsp3) is 0.238. The van der Waals surface area contributed by atoms with Crippen LogP contribution in [0.5, 0.6) is 5.75 Å². The van der Waals surface area contributed by atoms with Gasteiger partial charge in [-0.05, 0) is 42.7 Å². The van der Waals surface area contributed by atoms with E-state index in [1.54, 1.807) is 7.11 Å². The lowest BCUT2D eigenvalue weighted by molar-refractivity contribution is -0.116. The van der Waals surface area contributed by atoms with Gasteiger partial charge in [0.15, 0.2) is 5.78 Å². The van der Waals surface area contributed by atoms with Gasteiger partial charge < -0.3 is 10.1 Å². The van der Waals surface area contributed by atoms with Crippen LogP contribution in [0.25, 0.3) is 11.0 Å². The van der Waals surface area contributed by atoms with Crippen LogP contribution in [0.2, 0.25) is 0 Å². The minimum Gasteiger partial charge on any atom is -0.497 e. The van der Waals surface area contributed by atoms with Gasteiger partial charge in [0.05, 0.1) is 24.2 Å². The summed E-state index contributed by atoms with van der Waals surface area (Å²) in [6.45, 7) is 0. The van der Waals surface area contributed by atoms with Crippen LogP contribution in [0.15, 0.2) is 59.8 Å². The third kappa shape index (κ3) is 2.17. The van der Waals surface area contributed by atoms with E-state index in [0.717, 1.165) is 52.4 Å². The summed E-state index contributed by atoms with van der Waals surface area (Å²) in [5, 5.41) is 3.43. The van der Waals surface area contributed by atoms with Crippen molar-refractivity contribution in [3.8, 4) is 5.75 Å². The highest BCUT2D eigenvalue weighted by molar-refractivity contribution is 6.00. The smallest absolute Gasteiger partial charge is 0.209 e. The maximum atomic E-state index is 12.8. The van der Waals surface area contributed by atoms with Gasteiger partial charge in [0.2, 0.25) is 5.95 Å². The van der Waals surface area contributed by atoms with Crippen molar-refractivity contribution >= 4 is 22.8 Å². The summed E-state index contributed by atoms with van der Waals surface area (Å²) in [6.07, 6.45) is 2.38. The Morgan fingerprint density at radius 1 is 1.12 bits per heavy atom. The molecule has 130 valence electrons. The first kappa shape index (κ1) is 15.2. The average Bonchev–Trinajstić information content (AvgIpc) is 3.05. The monoisotopic (exact) mass is 345 g/mol. The first-order valence-corrected chi connectivity index (χ1v) is 8.90. The van der Waals surface area contributed by atoms with Gasteiger partial charge in [-0.25, -0.2) is 4.98 Å². The predicted octanol–water partition coefficient (Wildman–Crippen LogP) is 4.07. The van der Waals surface area contributed by atoms with Crippen molar-refractivity contribution in [3.63, 3.8) is 0 Å². The van der Waals surface area contributed by atoms with Crippen LogP contribution in [-0.4, -0.2) is 22.4 Å². The summed E-state index contributed by atoms with van der Waals surface area (Å²) in [4.78, 5) is 17.6. The predicted molar refractivity (Wildman–Crippen MR) is 100 cm³/mol. The Bertz CT molecular complexity index is 1050. The van der Waals surface area contributed by atoms with E-state index >= 15 is 0 Å². The second kappa shape index (κ2) is 5.73. The normalized spacial score (nSPS) is 19.1. The maximum Gasteiger partial charge on any atom is 0.209 e. The van der Waals surface area contributed by atoms with Gasteiger partial charge in [0, 0.05) is 17.7 Å². The zero-order valence-corrected chi connectivity index (χ0v) is 14.5. The third-order valence-corrected chi connectivity index (χ3v) is 5.28. The summed E-state index contributed by atoms with van der Waals surface area (Å²) in [5.41, 5.74) is 4.92. The van der Waals surface area contributed by atoms with E-state index in [-0.39, 0.29) is 11.8 Å². The number of carbonyl (C=O) groups excluding carboxylic acids is 1. The van der Waals surface area contributed by atoms with Gasteiger partial charge in [-0.15, -0.1) is 0 Å². The van der Waals surface area contributed by atoms with Crippen LogP contribution < -0.4 is 10.1 Å². The van der Waals surface area contributed by atoms with E-state index in [4.69, 9.17) is 9.72 Å². The molecule has 2 aliphatic rings. The highest BCUT2D eigenvalue weighted by Gasteiger charge is 2.36. The molecule has 0 saturated heterocycles. The SMILES string of the molecule is COc1ccc([C@@H]2C3=C(CCCC3=O)Nc3nc4ccccc4n32)cc1. The molecule has 0 spiro atoms. The number of rotatable bonds is 2. The molecular weight excluding hydrogens is 326 g/mol. The third-order valence-electron chi connectivity index (χ3n) is 5.28. The number of imidazole rings is 1. The van der Waals surface area contributed by atoms with Crippen molar-refractivity contribution in [3.05, 3.63) is 65.4 Å². The van der Waals surface area contributed by atoms with Crippen molar-refractivity contribution in [1.29, 1.82) is 0 Å². The van der Waals surface area contributed by atoms with Crippen molar-refractivity contribution in [1.82, 2.24) is 9.55 Å². The topological polar surface area (TPSA) is 56.1 Å². The number of Topliss-reactive ketones (excluding diaryl/α,β-unsaturated/α-hetero) is 1. The molecule has 0 saturated carbocycles. The molecule has 2 aromatic carbocycles. The molecule has 0 fully saturated rings. The number of aromatic nitrogens is 2. The summed E-state index contributed by atoms with van der Waals surface area (Å²) in [7, 11) is 1.66. The number of benzene rings is 2. The number of hydrogen-bond acceptors (Lipinski definition) is 4. The molecular formula is C21H19N3O2. The quantitative estimate of drug-likeness (QED) is 0.761. The first-order valence-electron chi connectivity index (χ1n) is 8.90. The zero-order valence-electron chi connectivity index (χ0n) is 14.5.